The molecule has 0 spiro atoms. The number of carbonyl (C=O) groups is 2. The smallest absolute Gasteiger partial charge is 0.407 e. The first-order valence-corrected chi connectivity index (χ1v) is 5.89. The topological polar surface area (TPSA) is 78.9 Å². The van der Waals surface area contributed by atoms with Gasteiger partial charge >= 0.3 is 12.1 Å². The van der Waals surface area contributed by atoms with Gasteiger partial charge in [-0.1, -0.05) is 12.7 Å². The van der Waals surface area contributed by atoms with Crippen LogP contribution in [-0.4, -0.2) is 55.4 Å². The fourth-order valence-corrected chi connectivity index (χ4v) is 1.44. The third-order valence-corrected chi connectivity index (χ3v) is 2.41. The number of unbranched alkanes of at least 4 members (excludes halogenated alkanes) is 1. The summed E-state index contributed by atoms with van der Waals surface area (Å²) in [7, 11) is 3.48. The number of carboxylic acids is 1. The van der Waals surface area contributed by atoms with Crippen LogP contribution in [0.2, 0.25) is 0 Å². The van der Waals surface area contributed by atoms with Crippen LogP contribution in [0.5, 0.6) is 0 Å². The van der Waals surface area contributed by atoms with E-state index >= 15 is 0 Å². The van der Waals surface area contributed by atoms with Crippen LogP contribution in [0.1, 0.15) is 19.3 Å². The Morgan fingerprint density at radius 2 is 2.11 bits per heavy atom. The molecule has 0 aromatic heterocycles. The maximum Gasteiger partial charge on any atom is 0.407 e. The van der Waals surface area contributed by atoms with Crippen molar-refractivity contribution in [2.75, 3.05) is 27.2 Å². The van der Waals surface area contributed by atoms with E-state index in [-0.39, 0.29) is 6.61 Å². The molecule has 2 N–H and O–H groups in total. The van der Waals surface area contributed by atoms with Gasteiger partial charge in [-0.3, -0.25) is 9.69 Å². The second-order valence-corrected chi connectivity index (χ2v) is 4.13. The van der Waals surface area contributed by atoms with E-state index < -0.39 is 18.1 Å². The molecule has 0 aromatic rings. The maximum atomic E-state index is 11.0. The van der Waals surface area contributed by atoms with Crippen molar-refractivity contribution in [1.29, 1.82) is 0 Å². The largest absolute Gasteiger partial charge is 0.480 e. The summed E-state index contributed by atoms with van der Waals surface area (Å²) < 4.78 is 4.72. The maximum absolute atomic E-state index is 11.0. The molecule has 0 bridgehead atoms. The Hall–Kier alpha value is -1.56. The van der Waals surface area contributed by atoms with E-state index in [1.54, 1.807) is 19.0 Å². The summed E-state index contributed by atoms with van der Waals surface area (Å²) in [5, 5.41) is 11.5. The number of amides is 1. The van der Waals surface area contributed by atoms with Crippen LogP contribution in [0, 0.1) is 0 Å². The lowest BCUT2D eigenvalue weighted by atomic mass is 10.1. The molecule has 0 aliphatic carbocycles. The summed E-state index contributed by atoms with van der Waals surface area (Å²) in [6, 6.07) is -0.474. The summed E-state index contributed by atoms with van der Waals surface area (Å²) >= 11 is 0. The van der Waals surface area contributed by atoms with Crippen molar-refractivity contribution in [1.82, 2.24) is 10.2 Å². The molecular weight excluding hydrogens is 236 g/mol. The zero-order valence-corrected chi connectivity index (χ0v) is 11.0. The Balaban J connectivity index is 3.63. The summed E-state index contributed by atoms with van der Waals surface area (Å²) in [4.78, 5) is 23.6. The molecule has 0 fully saturated rings. The Labute approximate surface area is 108 Å². The molecule has 0 heterocycles. The average Bonchev–Trinajstić information content (AvgIpc) is 2.29. The number of carbonyl (C=O) groups excluding carboxylic acids is 1. The minimum Gasteiger partial charge on any atom is -0.480 e. The highest BCUT2D eigenvalue weighted by Gasteiger charge is 2.18. The first kappa shape index (κ1) is 16.4. The molecule has 104 valence electrons. The van der Waals surface area contributed by atoms with Gasteiger partial charge in [0.15, 0.2) is 0 Å². The second kappa shape index (κ2) is 9.47. The number of aliphatic carboxylic acids is 1. The molecule has 0 rings (SSSR count). The van der Waals surface area contributed by atoms with Crippen molar-refractivity contribution in [3.8, 4) is 0 Å². The Morgan fingerprint density at radius 1 is 1.44 bits per heavy atom. The zero-order valence-electron chi connectivity index (χ0n) is 11.0. The fourth-order valence-electron chi connectivity index (χ4n) is 1.44. The predicted octanol–water partition coefficient (Wildman–Crippen LogP) is 1.08. The summed E-state index contributed by atoms with van der Waals surface area (Å²) in [6.45, 7) is 4.10. The van der Waals surface area contributed by atoms with Crippen LogP contribution in [0.25, 0.3) is 0 Å². The number of nitrogens with one attached hydrogen (secondary N) is 1. The Morgan fingerprint density at radius 3 is 2.61 bits per heavy atom. The van der Waals surface area contributed by atoms with Crippen molar-refractivity contribution in [3.63, 3.8) is 0 Å². The van der Waals surface area contributed by atoms with E-state index in [0.717, 1.165) is 12.8 Å². The quantitative estimate of drug-likeness (QED) is 0.478. The number of ether oxygens (including phenoxy) is 1. The monoisotopic (exact) mass is 258 g/mol. The van der Waals surface area contributed by atoms with E-state index in [9.17, 15) is 9.59 Å². The van der Waals surface area contributed by atoms with Crippen LogP contribution in [0.3, 0.4) is 0 Å². The molecule has 0 unspecified atom stereocenters. The standard InChI is InChI=1S/C12H22N2O4/c1-4-9-18-12(17)13-8-6-5-7-10(11(15)16)14(2)3/h4,10H,1,5-9H2,2-3H3,(H,13,17)(H,15,16)/t10-/m0/s1. The minimum atomic E-state index is -0.821. The van der Waals surface area contributed by atoms with Crippen LogP contribution in [-0.2, 0) is 9.53 Å². The van der Waals surface area contributed by atoms with Gasteiger partial charge in [-0.15, -0.1) is 0 Å². The molecule has 0 aromatic carbocycles. The predicted molar refractivity (Wildman–Crippen MR) is 68.5 cm³/mol. The molecule has 1 amide bonds. The van der Waals surface area contributed by atoms with Crippen molar-refractivity contribution < 1.29 is 19.4 Å². The number of nitrogens with zero attached hydrogens (tertiary/aromatic N) is 1. The van der Waals surface area contributed by atoms with Gasteiger partial charge in [0.2, 0.25) is 0 Å². The highest BCUT2D eigenvalue weighted by molar-refractivity contribution is 5.73. The highest BCUT2D eigenvalue weighted by Crippen LogP contribution is 2.05. The molecule has 0 saturated heterocycles. The van der Waals surface area contributed by atoms with E-state index in [2.05, 4.69) is 11.9 Å². The van der Waals surface area contributed by atoms with Gasteiger partial charge in [0.25, 0.3) is 0 Å². The first-order valence-electron chi connectivity index (χ1n) is 5.89. The molecule has 6 nitrogen and oxygen atoms in total. The van der Waals surface area contributed by atoms with Gasteiger partial charge in [-0.05, 0) is 33.4 Å². The van der Waals surface area contributed by atoms with E-state index in [1.807, 2.05) is 0 Å². The number of hydrogen-bond acceptors (Lipinski definition) is 4. The molecule has 18 heavy (non-hydrogen) atoms. The lowest BCUT2D eigenvalue weighted by Crippen LogP contribution is -2.35. The highest BCUT2D eigenvalue weighted by atomic mass is 16.5. The third-order valence-electron chi connectivity index (χ3n) is 2.41. The van der Waals surface area contributed by atoms with Crippen LogP contribution >= 0.6 is 0 Å². The number of alkyl carbamates (subject to hydrolysis) is 1. The Bertz CT molecular complexity index is 279. The molecule has 0 radical (unpaired) electrons. The number of carboxylic acid groups (broad SMARTS) is 1. The molecule has 0 aliphatic heterocycles. The van der Waals surface area contributed by atoms with Gasteiger partial charge in [-0.2, -0.15) is 0 Å². The van der Waals surface area contributed by atoms with Gasteiger partial charge in [0, 0.05) is 6.54 Å². The second-order valence-electron chi connectivity index (χ2n) is 4.13. The summed E-state index contributed by atoms with van der Waals surface area (Å²) in [6.07, 6.45) is 3.04. The van der Waals surface area contributed by atoms with Crippen molar-refractivity contribution >= 4 is 12.1 Å². The van der Waals surface area contributed by atoms with Crippen molar-refractivity contribution in [2.45, 2.75) is 25.3 Å². The van der Waals surface area contributed by atoms with Gasteiger partial charge in [-0.25, -0.2) is 4.79 Å². The zero-order chi connectivity index (χ0) is 14.0. The molecule has 6 heteroatoms. The summed E-state index contributed by atoms with van der Waals surface area (Å²) in [5.74, 6) is -0.821. The van der Waals surface area contributed by atoms with E-state index in [4.69, 9.17) is 9.84 Å². The Kier molecular flexibility index (Phi) is 8.65. The number of likely N-dealkylation sites (N-methyl/N-ethyl adjacent to an activating group) is 1. The van der Waals surface area contributed by atoms with E-state index in [0.29, 0.717) is 13.0 Å². The van der Waals surface area contributed by atoms with Gasteiger partial charge in [0.1, 0.15) is 12.6 Å². The first-order chi connectivity index (χ1) is 8.49. The molecule has 0 aliphatic rings. The molecular formula is C12H22N2O4. The lowest BCUT2D eigenvalue weighted by Gasteiger charge is -2.19. The van der Waals surface area contributed by atoms with Crippen LogP contribution in [0.15, 0.2) is 12.7 Å². The summed E-state index contributed by atoms with van der Waals surface area (Å²) in [5.41, 5.74) is 0. The van der Waals surface area contributed by atoms with E-state index in [1.165, 1.54) is 6.08 Å². The van der Waals surface area contributed by atoms with Crippen molar-refractivity contribution in [2.24, 2.45) is 0 Å². The normalized spacial score (nSPS) is 11.9. The van der Waals surface area contributed by atoms with Crippen molar-refractivity contribution in [3.05, 3.63) is 12.7 Å². The fraction of sp³-hybridized carbons (Fsp3) is 0.667. The van der Waals surface area contributed by atoms with Crippen LogP contribution in [0.4, 0.5) is 4.79 Å². The molecule has 1 atom stereocenters. The third kappa shape index (κ3) is 7.67. The van der Waals surface area contributed by atoms with Gasteiger partial charge in [0.05, 0.1) is 0 Å². The average molecular weight is 258 g/mol. The SMILES string of the molecule is C=CCOC(=O)NCCCC[C@@H](C(=O)O)N(C)C. The number of rotatable bonds is 9. The van der Waals surface area contributed by atoms with Crippen LogP contribution < -0.4 is 5.32 Å². The molecule has 0 saturated carbocycles. The minimum absolute atomic E-state index is 0.188. The number of hydrogen-bond donors (Lipinski definition) is 2. The van der Waals surface area contributed by atoms with Gasteiger partial charge < -0.3 is 15.2 Å². The lowest BCUT2D eigenvalue weighted by molar-refractivity contribution is -0.142.